The predicted molar refractivity (Wildman–Crippen MR) is 81.7 cm³/mol. The van der Waals surface area contributed by atoms with Gasteiger partial charge < -0.3 is 10.2 Å². The summed E-state index contributed by atoms with van der Waals surface area (Å²) in [7, 11) is 0. The predicted octanol–water partition coefficient (Wildman–Crippen LogP) is 2.69. The van der Waals surface area contributed by atoms with Gasteiger partial charge in [-0.1, -0.05) is 18.2 Å². The quantitative estimate of drug-likeness (QED) is 0.945. The van der Waals surface area contributed by atoms with E-state index in [1.165, 1.54) is 6.42 Å². The molecule has 5 heteroatoms. The molecule has 1 atom stereocenters. The first-order valence-corrected chi connectivity index (χ1v) is 6.79. The van der Waals surface area contributed by atoms with E-state index in [1.807, 2.05) is 30.3 Å². The van der Waals surface area contributed by atoms with Crippen molar-refractivity contribution in [3.8, 4) is 11.5 Å². The summed E-state index contributed by atoms with van der Waals surface area (Å²) >= 11 is 0. The van der Waals surface area contributed by atoms with Crippen LogP contribution in [-0.2, 0) is 6.54 Å². The third-order valence-electron chi connectivity index (χ3n) is 3.50. The van der Waals surface area contributed by atoms with Crippen molar-refractivity contribution in [2.24, 2.45) is 5.73 Å². The van der Waals surface area contributed by atoms with E-state index in [1.54, 1.807) is 6.26 Å². The molecule has 2 heterocycles. The van der Waals surface area contributed by atoms with Crippen LogP contribution in [0.4, 0.5) is 0 Å². The second kappa shape index (κ2) is 6.88. The van der Waals surface area contributed by atoms with Crippen LogP contribution in [0, 0.1) is 0 Å². The van der Waals surface area contributed by atoms with Gasteiger partial charge in [0.25, 0.3) is 0 Å². The molecule has 0 amide bonds. The molecule has 0 spiro atoms. The van der Waals surface area contributed by atoms with E-state index < -0.39 is 0 Å². The first-order chi connectivity index (χ1) is 9.31. The van der Waals surface area contributed by atoms with Crippen LogP contribution >= 0.6 is 12.4 Å². The molecule has 2 N–H and O–H groups in total. The summed E-state index contributed by atoms with van der Waals surface area (Å²) in [5.74, 6) is 0.692. The number of piperidine rings is 1. The Balaban J connectivity index is 0.00000147. The van der Waals surface area contributed by atoms with Crippen LogP contribution in [0.3, 0.4) is 0 Å². The van der Waals surface area contributed by atoms with E-state index >= 15 is 0 Å². The van der Waals surface area contributed by atoms with Crippen LogP contribution in [0.2, 0.25) is 0 Å². The summed E-state index contributed by atoms with van der Waals surface area (Å²) in [6.07, 6.45) is 4.05. The molecular formula is C15H20ClN3O. The van der Waals surface area contributed by atoms with E-state index in [2.05, 4.69) is 9.88 Å². The molecule has 0 saturated carbocycles. The molecule has 1 unspecified atom stereocenters. The van der Waals surface area contributed by atoms with Crippen LogP contribution in [0.1, 0.15) is 18.5 Å². The highest BCUT2D eigenvalue weighted by Crippen LogP contribution is 2.19. The van der Waals surface area contributed by atoms with Crippen molar-refractivity contribution in [3.05, 3.63) is 42.3 Å². The topological polar surface area (TPSA) is 55.3 Å². The van der Waals surface area contributed by atoms with Gasteiger partial charge in [-0.15, -0.1) is 12.4 Å². The third-order valence-corrected chi connectivity index (χ3v) is 3.50. The number of nitrogens with zero attached hydrogens (tertiary/aromatic N) is 2. The Morgan fingerprint density at radius 1 is 1.30 bits per heavy atom. The SMILES string of the molecule is Cl.NC1CCCN(Cc2coc(-c3ccccc3)n2)C1. The lowest BCUT2D eigenvalue weighted by atomic mass is 10.1. The van der Waals surface area contributed by atoms with Gasteiger partial charge >= 0.3 is 0 Å². The average molecular weight is 294 g/mol. The van der Waals surface area contributed by atoms with E-state index in [4.69, 9.17) is 10.2 Å². The minimum absolute atomic E-state index is 0. The summed E-state index contributed by atoms with van der Waals surface area (Å²) in [5, 5.41) is 0. The van der Waals surface area contributed by atoms with Crippen molar-refractivity contribution in [1.82, 2.24) is 9.88 Å². The van der Waals surface area contributed by atoms with Gasteiger partial charge in [-0.25, -0.2) is 4.98 Å². The molecule has 1 aromatic carbocycles. The van der Waals surface area contributed by atoms with Crippen molar-refractivity contribution in [2.45, 2.75) is 25.4 Å². The molecule has 2 aromatic rings. The number of hydrogen-bond donors (Lipinski definition) is 1. The van der Waals surface area contributed by atoms with E-state index in [0.717, 1.165) is 37.3 Å². The lowest BCUT2D eigenvalue weighted by molar-refractivity contribution is 0.199. The fourth-order valence-corrected chi connectivity index (χ4v) is 2.56. The van der Waals surface area contributed by atoms with Gasteiger partial charge in [0.1, 0.15) is 6.26 Å². The molecule has 1 aliphatic rings. The first-order valence-electron chi connectivity index (χ1n) is 6.79. The van der Waals surface area contributed by atoms with Gasteiger partial charge in [-0.3, -0.25) is 4.90 Å². The van der Waals surface area contributed by atoms with Crippen molar-refractivity contribution in [1.29, 1.82) is 0 Å². The van der Waals surface area contributed by atoms with Gasteiger partial charge in [-0.05, 0) is 31.5 Å². The minimum Gasteiger partial charge on any atom is -0.444 e. The van der Waals surface area contributed by atoms with Crippen molar-refractivity contribution < 1.29 is 4.42 Å². The lowest BCUT2D eigenvalue weighted by Gasteiger charge is -2.29. The fraction of sp³-hybridized carbons (Fsp3) is 0.400. The normalized spacial score (nSPS) is 19.6. The van der Waals surface area contributed by atoms with Crippen LogP contribution in [0.25, 0.3) is 11.5 Å². The maximum Gasteiger partial charge on any atom is 0.226 e. The molecule has 0 aliphatic carbocycles. The van der Waals surface area contributed by atoms with Crippen LogP contribution in [0.15, 0.2) is 41.0 Å². The van der Waals surface area contributed by atoms with Gasteiger partial charge in [-0.2, -0.15) is 0 Å². The number of benzene rings is 1. The van der Waals surface area contributed by atoms with Crippen molar-refractivity contribution in [3.63, 3.8) is 0 Å². The number of hydrogen-bond acceptors (Lipinski definition) is 4. The molecule has 1 aromatic heterocycles. The molecular weight excluding hydrogens is 274 g/mol. The number of rotatable bonds is 3. The molecule has 108 valence electrons. The van der Waals surface area contributed by atoms with Gasteiger partial charge in [0.2, 0.25) is 5.89 Å². The zero-order chi connectivity index (χ0) is 13.1. The standard InChI is InChI=1S/C15H19N3O.ClH/c16-13-7-4-8-18(9-13)10-14-11-19-15(17-14)12-5-2-1-3-6-12;/h1-3,5-6,11,13H,4,7-10,16H2;1H. The number of aromatic nitrogens is 1. The Labute approximate surface area is 125 Å². The number of nitrogens with two attached hydrogens (primary N) is 1. The molecule has 3 rings (SSSR count). The van der Waals surface area contributed by atoms with Gasteiger partial charge in [0, 0.05) is 24.7 Å². The number of likely N-dealkylation sites (tertiary alicyclic amines) is 1. The smallest absolute Gasteiger partial charge is 0.226 e. The van der Waals surface area contributed by atoms with Crippen LogP contribution in [0.5, 0.6) is 0 Å². The summed E-state index contributed by atoms with van der Waals surface area (Å²) in [6.45, 7) is 2.87. The average Bonchev–Trinajstić information content (AvgIpc) is 2.88. The Kier molecular flexibility index (Phi) is 5.17. The second-order valence-corrected chi connectivity index (χ2v) is 5.15. The monoisotopic (exact) mass is 293 g/mol. The van der Waals surface area contributed by atoms with E-state index in [-0.39, 0.29) is 12.4 Å². The van der Waals surface area contributed by atoms with Gasteiger partial charge in [0.15, 0.2) is 0 Å². The molecule has 1 aliphatic heterocycles. The van der Waals surface area contributed by atoms with Crippen molar-refractivity contribution in [2.75, 3.05) is 13.1 Å². The molecule has 1 fully saturated rings. The van der Waals surface area contributed by atoms with Crippen LogP contribution < -0.4 is 5.73 Å². The van der Waals surface area contributed by atoms with E-state index in [0.29, 0.717) is 11.9 Å². The van der Waals surface area contributed by atoms with Crippen LogP contribution in [-0.4, -0.2) is 29.0 Å². The molecule has 0 radical (unpaired) electrons. The summed E-state index contributed by atoms with van der Waals surface area (Å²) in [6, 6.07) is 10.3. The third kappa shape index (κ3) is 3.60. The Hall–Kier alpha value is -1.36. The Morgan fingerprint density at radius 3 is 2.85 bits per heavy atom. The minimum atomic E-state index is 0. The maximum atomic E-state index is 5.99. The first kappa shape index (κ1) is 15.0. The Morgan fingerprint density at radius 2 is 2.10 bits per heavy atom. The molecule has 20 heavy (non-hydrogen) atoms. The molecule has 1 saturated heterocycles. The largest absolute Gasteiger partial charge is 0.444 e. The van der Waals surface area contributed by atoms with E-state index in [9.17, 15) is 0 Å². The zero-order valence-electron chi connectivity index (χ0n) is 11.4. The molecule has 4 nitrogen and oxygen atoms in total. The van der Waals surface area contributed by atoms with Gasteiger partial charge in [0.05, 0.1) is 5.69 Å². The fourth-order valence-electron chi connectivity index (χ4n) is 2.56. The summed E-state index contributed by atoms with van der Waals surface area (Å²) in [4.78, 5) is 6.90. The highest BCUT2D eigenvalue weighted by atomic mass is 35.5. The Bertz CT molecular complexity index is 529. The highest BCUT2D eigenvalue weighted by molar-refractivity contribution is 5.85. The summed E-state index contributed by atoms with van der Waals surface area (Å²) in [5.41, 5.74) is 7.99. The highest BCUT2D eigenvalue weighted by Gasteiger charge is 2.18. The number of halogens is 1. The molecule has 0 bridgehead atoms. The summed E-state index contributed by atoms with van der Waals surface area (Å²) < 4.78 is 5.55. The second-order valence-electron chi connectivity index (χ2n) is 5.15. The number of oxazole rings is 1. The maximum absolute atomic E-state index is 5.99. The zero-order valence-corrected chi connectivity index (χ0v) is 12.2. The lowest BCUT2D eigenvalue weighted by Crippen LogP contribution is -2.42. The van der Waals surface area contributed by atoms with Crippen molar-refractivity contribution >= 4 is 12.4 Å².